The minimum atomic E-state index is -0.0671. The maximum atomic E-state index is 12.1. The van der Waals surface area contributed by atoms with Crippen LogP contribution in [-0.4, -0.2) is 35.1 Å². The molecule has 0 bridgehead atoms. The molecule has 1 unspecified atom stereocenters. The van der Waals surface area contributed by atoms with Gasteiger partial charge in [0.15, 0.2) is 0 Å². The fraction of sp³-hybridized carbons (Fsp3) is 0.750. The van der Waals surface area contributed by atoms with E-state index < -0.39 is 0 Å². The van der Waals surface area contributed by atoms with Crippen LogP contribution in [-0.2, 0) is 18.3 Å². The molecule has 6 heteroatoms. The lowest BCUT2D eigenvalue weighted by atomic mass is 9.96. The second-order valence-corrected chi connectivity index (χ2v) is 7.02. The molecular weight excluding hydrogens is 280 g/mol. The third-order valence-corrected chi connectivity index (χ3v) is 5.40. The standard InChI is InChI=1S/C16H24N4O2/c1-20-12(8-13(19-20)11-2-3-11)10-17-15(21)18-14-9-16(14)4-6-22-7-5-16/h8,11,14H,2-7,9-10H2,1H3,(H2,17,18,21). The number of carbonyl (C=O) groups excluding carboxylic acids is 1. The molecule has 2 amide bonds. The molecule has 3 fully saturated rings. The van der Waals surface area contributed by atoms with Crippen molar-refractivity contribution in [1.82, 2.24) is 20.4 Å². The second-order valence-electron chi connectivity index (χ2n) is 7.02. The number of amides is 2. The van der Waals surface area contributed by atoms with Crippen molar-refractivity contribution in [3.05, 3.63) is 17.5 Å². The molecule has 3 aliphatic rings. The first-order chi connectivity index (χ1) is 10.7. The van der Waals surface area contributed by atoms with E-state index in [2.05, 4.69) is 21.8 Å². The van der Waals surface area contributed by atoms with E-state index in [1.807, 2.05) is 11.7 Å². The number of ether oxygens (including phenoxy) is 1. The second kappa shape index (κ2) is 5.26. The molecule has 6 nitrogen and oxygen atoms in total. The smallest absolute Gasteiger partial charge is 0.315 e. The van der Waals surface area contributed by atoms with Crippen LogP contribution in [0.3, 0.4) is 0 Å². The Morgan fingerprint density at radius 1 is 1.45 bits per heavy atom. The Bertz CT molecular complexity index is 573. The van der Waals surface area contributed by atoms with Crippen LogP contribution in [0.15, 0.2) is 6.07 Å². The summed E-state index contributed by atoms with van der Waals surface area (Å²) in [4.78, 5) is 12.1. The maximum absolute atomic E-state index is 12.1. The fourth-order valence-electron chi connectivity index (χ4n) is 3.54. The molecule has 2 aliphatic carbocycles. The van der Waals surface area contributed by atoms with Crippen LogP contribution in [0.1, 0.15) is 49.4 Å². The van der Waals surface area contributed by atoms with E-state index in [9.17, 15) is 4.79 Å². The van der Waals surface area contributed by atoms with Crippen molar-refractivity contribution in [2.75, 3.05) is 13.2 Å². The number of hydrogen-bond acceptors (Lipinski definition) is 3. The molecule has 1 atom stereocenters. The molecule has 22 heavy (non-hydrogen) atoms. The minimum absolute atomic E-state index is 0.0671. The van der Waals surface area contributed by atoms with Crippen LogP contribution in [0.25, 0.3) is 0 Å². The number of nitrogens with zero attached hydrogens (tertiary/aromatic N) is 2. The van der Waals surface area contributed by atoms with E-state index in [-0.39, 0.29) is 6.03 Å². The molecule has 0 aromatic carbocycles. The van der Waals surface area contributed by atoms with Crippen LogP contribution in [0.2, 0.25) is 0 Å². The summed E-state index contributed by atoms with van der Waals surface area (Å²) in [6.45, 7) is 2.20. The number of urea groups is 1. The SMILES string of the molecule is Cn1nc(C2CC2)cc1CNC(=O)NC1CC12CCOCC2. The Morgan fingerprint density at radius 3 is 2.95 bits per heavy atom. The number of rotatable bonds is 4. The molecule has 1 aromatic rings. The van der Waals surface area contributed by atoms with Crippen LogP contribution in [0.4, 0.5) is 4.79 Å². The van der Waals surface area contributed by atoms with E-state index in [1.54, 1.807) is 0 Å². The monoisotopic (exact) mass is 304 g/mol. The minimum Gasteiger partial charge on any atom is -0.381 e. The van der Waals surface area contributed by atoms with Gasteiger partial charge in [0.1, 0.15) is 0 Å². The van der Waals surface area contributed by atoms with Crippen molar-refractivity contribution in [2.24, 2.45) is 12.5 Å². The lowest BCUT2D eigenvalue weighted by Gasteiger charge is -2.22. The van der Waals surface area contributed by atoms with Crippen molar-refractivity contribution >= 4 is 6.03 Å². The van der Waals surface area contributed by atoms with Gasteiger partial charge in [-0.15, -0.1) is 0 Å². The van der Waals surface area contributed by atoms with Crippen molar-refractivity contribution < 1.29 is 9.53 Å². The topological polar surface area (TPSA) is 68.2 Å². The summed E-state index contributed by atoms with van der Waals surface area (Å²) in [7, 11) is 1.94. The van der Waals surface area contributed by atoms with Gasteiger partial charge < -0.3 is 15.4 Å². The van der Waals surface area contributed by atoms with Crippen molar-refractivity contribution in [3.63, 3.8) is 0 Å². The predicted molar refractivity (Wildman–Crippen MR) is 81.4 cm³/mol. The Labute approximate surface area is 130 Å². The summed E-state index contributed by atoms with van der Waals surface area (Å²) in [5, 5.41) is 10.6. The van der Waals surface area contributed by atoms with Crippen molar-refractivity contribution in [3.8, 4) is 0 Å². The highest BCUT2D eigenvalue weighted by molar-refractivity contribution is 5.74. The van der Waals surface area contributed by atoms with E-state index in [0.717, 1.165) is 38.2 Å². The van der Waals surface area contributed by atoms with Crippen LogP contribution in [0, 0.1) is 5.41 Å². The highest BCUT2D eigenvalue weighted by atomic mass is 16.5. The zero-order chi connectivity index (χ0) is 15.2. The lowest BCUT2D eigenvalue weighted by Crippen LogP contribution is -2.39. The number of aryl methyl sites for hydroxylation is 1. The fourth-order valence-corrected chi connectivity index (χ4v) is 3.54. The van der Waals surface area contributed by atoms with E-state index in [0.29, 0.717) is 23.9 Å². The largest absolute Gasteiger partial charge is 0.381 e. The Balaban J connectivity index is 1.26. The van der Waals surface area contributed by atoms with Gasteiger partial charge >= 0.3 is 6.03 Å². The molecule has 2 heterocycles. The quantitative estimate of drug-likeness (QED) is 0.889. The van der Waals surface area contributed by atoms with E-state index in [1.165, 1.54) is 18.5 Å². The number of hydrogen-bond donors (Lipinski definition) is 2. The van der Waals surface area contributed by atoms with E-state index >= 15 is 0 Å². The molecule has 1 aromatic heterocycles. The molecule has 1 spiro atoms. The van der Waals surface area contributed by atoms with E-state index in [4.69, 9.17) is 4.74 Å². The molecule has 1 aliphatic heterocycles. The van der Waals surface area contributed by atoms with Crippen molar-refractivity contribution in [1.29, 1.82) is 0 Å². The van der Waals surface area contributed by atoms with Crippen LogP contribution in [0.5, 0.6) is 0 Å². The highest BCUT2D eigenvalue weighted by Gasteiger charge is 2.55. The van der Waals surface area contributed by atoms with Gasteiger partial charge in [-0.1, -0.05) is 0 Å². The summed E-state index contributed by atoms with van der Waals surface area (Å²) in [5.41, 5.74) is 2.55. The first-order valence-electron chi connectivity index (χ1n) is 8.31. The van der Waals surface area contributed by atoms with Crippen molar-refractivity contribution in [2.45, 2.75) is 50.6 Å². The number of carbonyl (C=O) groups is 1. The average Bonchev–Trinajstić information content (AvgIpc) is 3.41. The molecule has 4 rings (SSSR count). The summed E-state index contributed by atoms with van der Waals surface area (Å²) in [6, 6.07) is 2.38. The number of nitrogens with one attached hydrogen (secondary N) is 2. The zero-order valence-corrected chi connectivity index (χ0v) is 13.1. The molecule has 120 valence electrons. The van der Waals surface area contributed by atoms with Gasteiger partial charge in [0.2, 0.25) is 0 Å². The summed E-state index contributed by atoms with van der Waals surface area (Å²) < 4.78 is 7.29. The average molecular weight is 304 g/mol. The Kier molecular flexibility index (Phi) is 3.36. The molecule has 2 N–H and O–H groups in total. The highest BCUT2D eigenvalue weighted by Crippen LogP contribution is 2.53. The van der Waals surface area contributed by atoms with Gasteiger partial charge in [-0.2, -0.15) is 5.10 Å². The van der Waals surface area contributed by atoms with Gasteiger partial charge in [0.25, 0.3) is 0 Å². The molecule has 0 radical (unpaired) electrons. The van der Waals surface area contributed by atoms with Crippen LogP contribution >= 0.6 is 0 Å². The first kappa shape index (κ1) is 14.1. The summed E-state index contributed by atoms with van der Waals surface area (Å²) in [5.74, 6) is 0.647. The first-order valence-corrected chi connectivity index (χ1v) is 8.31. The Morgan fingerprint density at radius 2 is 2.23 bits per heavy atom. The normalized spacial score (nSPS) is 26.0. The predicted octanol–water partition coefficient (Wildman–Crippen LogP) is 1.67. The maximum Gasteiger partial charge on any atom is 0.315 e. The third kappa shape index (κ3) is 2.72. The molecule has 1 saturated heterocycles. The van der Waals surface area contributed by atoms with Gasteiger partial charge in [0.05, 0.1) is 17.9 Å². The van der Waals surface area contributed by atoms with Gasteiger partial charge in [0, 0.05) is 32.2 Å². The molecular formula is C16H24N4O2. The summed E-state index contributed by atoms with van der Waals surface area (Å²) >= 11 is 0. The van der Waals surface area contributed by atoms with Gasteiger partial charge in [-0.25, -0.2) is 4.79 Å². The summed E-state index contributed by atoms with van der Waals surface area (Å²) in [6.07, 6.45) is 5.74. The molecule has 2 saturated carbocycles. The third-order valence-electron chi connectivity index (χ3n) is 5.40. The van der Waals surface area contributed by atoms with Crippen LogP contribution < -0.4 is 10.6 Å². The zero-order valence-electron chi connectivity index (χ0n) is 13.1. The van der Waals surface area contributed by atoms with Gasteiger partial charge in [-0.3, -0.25) is 4.68 Å². The lowest BCUT2D eigenvalue weighted by molar-refractivity contribution is 0.0547. The Hall–Kier alpha value is -1.56. The number of aromatic nitrogens is 2. The van der Waals surface area contributed by atoms with Gasteiger partial charge in [-0.05, 0) is 43.6 Å².